The van der Waals surface area contributed by atoms with Crippen molar-refractivity contribution in [3.63, 3.8) is 0 Å². The van der Waals surface area contributed by atoms with Gasteiger partial charge in [0.2, 0.25) is 0 Å². The number of esters is 1. The first-order valence-corrected chi connectivity index (χ1v) is 41.2. The van der Waals surface area contributed by atoms with Crippen LogP contribution in [0.5, 0.6) is 0 Å². The first-order chi connectivity index (χ1) is 44.3. The number of ether oxygens (including phenoxy) is 8. The van der Waals surface area contributed by atoms with Gasteiger partial charge in [0.25, 0.3) is 0 Å². The third-order valence-corrected chi connectivity index (χ3v) is 32.2. The molecule has 6 fully saturated rings. The average molecular weight is 1340 g/mol. The molecular formula is C76H116N2O14Si2. The Kier molecular flexibility index (Phi) is 23.2. The van der Waals surface area contributed by atoms with Gasteiger partial charge in [0.1, 0.15) is 29.7 Å². The van der Waals surface area contributed by atoms with E-state index in [4.69, 9.17) is 53.3 Å². The van der Waals surface area contributed by atoms with Crippen LogP contribution in [0.15, 0.2) is 97.1 Å². The van der Waals surface area contributed by atoms with Gasteiger partial charge in [-0.05, 0) is 163 Å². The van der Waals surface area contributed by atoms with Crippen LogP contribution in [0.1, 0.15) is 210 Å². The molecule has 15 atom stereocenters. The van der Waals surface area contributed by atoms with Crippen LogP contribution in [0.4, 0.5) is 9.59 Å². The first kappa shape index (κ1) is 73.7. The van der Waals surface area contributed by atoms with Crippen molar-refractivity contribution in [2.24, 2.45) is 29.1 Å². The van der Waals surface area contributed by atoms with E-state index in [0.29, 0.717) is 76.3 Å². The van der Waals surface area contributed by atoms with Gasteiger partial charge in [0, 0.05) is 56.4 Å². The second-order valence-corrected chi connectivity index (χ2v) is 41.3. The van der Waals surface area contributed by atoms with Gasteiger partial charge < -0.3 is 57.4 Å². The summed E-state index contributed by atoms with van der Waals surface area (Å²) in [5.41, 5.74) is 0.317. The molecule has 2 aromatic carbocycles. The normalized spacial score (nSPS) is 32.7. The highest BCUT2D eigenvalue weighted by Crippen LogP contribution is 2.60. The molecule has 0 aromatic heterocycles. The summed E-state index contributed by atoms with van der Waals surface area (Å²) in [6.45, 7) is 41.0. The van der Waals surface area contributed by atoms with Crippen molar-refractivity contribution in [2.45, 2.75) is 300 Å². The number of nitrogens with one attached hydrogen (secondary N) is 2. The predicted octanol–water partition coefficient (Wildman–Crippen LogP) is 16.8. The zero-order valence-electron chi connectivity index (χ0n) is 59.8. The number of hydrogen-bond donors (Lipinski definition) is 2. The summed E-state index contributed by atoms with van der Waals surface area (Å²) in [6.07, 6.45) is 7.90. The molecule has 18 heteroatoms. The fourth-order valence-corrected chi connectivity index (χ4v) is 20.8. The number of carbonyl (C=O) groups excluding carboxylic acids is 4. The van der Waals surface area contributed by atoms with Crippen molar-refractivity contribution in [3.8, 4) is 0 Å². The molecule has 7 bridgehead atoms. The molecule has 16 nitrogen and oxygen atoms in total. The van der Waals surface area contributed by atoms with Crippen LogP contribution in [0.2, 0.25) is 36.3 Å². The van der Waals surface area contributed by atoms with Crippen LogP contribution in [0.25, 0.3) is 0 Å². The number of amides is 2. The molecule has 2 N–H and O–H groups in total. The van der Waals surface area contributed by atoms with Crippen LogP contribution in [0, 0.1) is 29.1 Å². The van der Waals surface area contributed by atoms with Crippen LogP contribution in [0.3, 0.4) is 0 Å². The van der Waals surface area contributed by atoms with E-state index in [-0.39, 0.29) is 60.2 Å². The molecule has 2 amide bonds. The fourth-order valence-electron chi connectivity index (χ4n) is 16.3. The van der Waals surface area contributed by atoms with Gasteiger partial charge >= 0.3 is 18.2 Å². The Morgan fingerprint density at radius 1 is 0.766 bits per heavy atom. The van der Waals surface area contributed by atoms with Crippen molar-refractivity contribution < 1.29 is 65.9 Å². The van der Waals surface area contributed by atoms with E-state index in [1.165, 1.54) is 6.08 Å². The number of hydrogen-bond acceptors (Lipinski definition) is 14. The van der Waals surface area contributed by atoms with Gasteiger partial charge in [-0.25, -0.2) is 14.4 Å². The van der Waals surface area contributed by atoms with E-state index in [1.54, 1.807) is 20.8 Å². The van der Waals surface area contributed by atoms with Crippen LogP contribution >= 0.6 is 0 Å². The number of Topliss-reactive ketones (excluding diaryl/α,β-unsaturated/α-hetero) is 1. The molecule has 0 radical (unpaired) electrons. The number of ketones is 1. The third kappa shape index (κ3) is 16.3. The molecule has 3 spiro atoms. The Balaban J connectivity index is 1.21. The zero-order chi connectivity index (χ0) is 68.3. The van der Waals surface area contributed by atoms with Gasteiger partial charge in [0.15, 0.2) is 46.1 Å². The smallest absolute Gasteiger partial charge is 0.408 e. The minimum absolute atomic E-state index is 0.0664. The highest BCUT2D eigenvalue weighted by Gasteiger charge is 2.68. The van der Waals surface area contributed by atoms with Gasteiger partial charge in [0.05, 0.1) is 24.4 Å². The van der Waals surface area contributed by atoms with Crippen molar-refractivity contribution in [2.75, 3.05) is 13.2 Å². The van der Waals surface area contributed by atoms with Crippen molar-refractivity contribution in [1.29, 1.82) is 0 Å². The van der Waals surface area contributed by atoms with Gasteiger partial charge in [-0.2, -0.15) is 0 Å². The molecule has 0 unspecified atom stereocenters. The summed E-state index contributed by atoms with van der Waals surface area (Å²) in [5, 5.41) is 5.83. The molecule has 9 rings (SSSR count). The predicted molar refractivity (Wildman–Crippen MR) is 371 cm³/mol. The van der Waals surface area contributed by atoms with E-state index in [9.17, 15) is 9.59 Å². The van der Waals surface area contributed by atoms with Gasteiger partial charge in [-0.1, -0.05) is 154 Å². The monoisotopic (exact) mass is 1340 g/mol. The number of alkyl carbamates (subject to hydrolysis) is 2. The lowest BCUT2D eigenvalue weighted by Crippen LogP contribution is -2.65. The summed E-state index contributed by atoms with van der Waals surface area (Å²) in [7, 11) is -4.75. The molecule has 6 saturated heterocycles. The maximum Gasteiger partial charge on any atom is 0.408 e. The molecule has 94 heavy (non-hydrogen) atoms. The lowest BCUT2D eigenvalue weighted by Gasteiger charge is -2.55. The molecule has 1 aliphatic carbocycles. The minimum atomic E-state index is -2.56. The van der Waals surface area contributed by atoms with Crippen molar-refractivity contribution >= 4 is 40.6 Å². The highest BCUT2D eigenvalue weighted by atomic mass is 28.4. The molecule has 6 heterocycles. The average Bonchev–Trinajstić information content (AvgIpc) is 1.51. The second kappa shape index (κ2) is 29.5. The maximum absolute atomic E-state index is 16.7. The highest BCUT2D eigenvalue weighted by molar-refractivity contribution is 6.74. The number of fused-ring (bicyclic) bond motifs is 7. The Morgan fingerprint density at radius 2 is 1.43 bits per heavy atom. The molecule has 2 aromatic rings. The van der Waals surface area contributed by atoms with Gasteiger partial charge in [-0.15, -0.1) is 0 Å². The summed E-state index contributed by atoms with van der Waals surface area (Å²) in [4.78, 5) is 59.8. The summed E-state index contributed by atoms with van der Waals surface area (Å²) < 4.78 is 71.7. The van der Waals surface area contributed by atoms with Crippen molar-refractivity contribution in [3.05, 3.63) is 108 Å². The second-order valence-electron chi connectivity index (χ2n) is 31.9. The Morgan fingerprint density at radius 3 is 2.05 bits per heavy atom. The number of rotatable bonds is 20. The van der Waals surface area contributed by atoms with Crippen molar-refractivity contribution in [1.82, 2.24) is 10.6 Å². The van der Waals surface area contributed by atoms with E-state index < -0.39 is 105 Å². The lowest BCUT2D eigenvalue weighted by molar-refractivity contribution is -0.400. The molecule has 0 saturated carbocycles. The zero-order valence-corrected chi connectivity index (χ0v) is 61.8. The number of carbonyl (C=O) groups is 4. The SMILES string of the molecule is C=CCOC(=O)NC[C@H](C)[C@@H](C)C[C@@]12CCC([C@@H](NC(=O)OC(C)(C)C)C(=O)OC(c3ccccc3)c3ccccc3)=C[C@@H]1[C@@H]1O[C@]3(C[C@H]4CCC[C@@]5(CC[C@@]6(O[C@@H](CC[C@@]6(C)O[Si](CC)(CC)CC)CC(=C)CCCC2=O)O5)O4)C[C@@H](C)[C@@H](O[Si](C)(C)C(C)(C)C)[C@@H]1O3. The molecular weight excluding hydrogens is 1220 g/mol. The van der Waals surface area contributed by atoms with E-state index >= 15 is 9.59 Å². The van der Waals surface area contributed by atoms with Gasteiger partial charge in [-0.3, -0.25) is 4.79 Å². The summed E-state index contributed by atoms with van der Waals surface area (Å²) >= 11 is 0. The Hall–Kier alpha value is -4.51. The molecule has 6 aliphatic heterocycles. The van der Waals surface area contributed by atoms with Crippen LogP contribution < -0.4 is 10.6 Å². The summed E-state index contributed by atoms with van der Waals surface area (Å²) in [5.74, 6) is -4.91. The topological polar surface area (TPSA) is 185 Å². The largest absolute Gasteiger partial charge is 0.451 e. The molecule has 522 valence electrons. The van der Waals surface area contributed by atoms with E-state index in [0.717, 1.165) is 60.5 Å². The van der Waals surface area contributed by atoms with Crippen LogP contribution in [-0.2, 0) is 56.3 Å². The van der Waals surface area contributed by atoms with E-state index in [2.05, 4.69) is 106 Å². The Labute approximate surface area is 565 Å². The third-order valence-electron chi connectivity index (χ3n) is 23.0. The number of benzene rings is 2. The standard InChI is InChI=1S/C76H116N2O14Si2/c1-18-44-83-68(81)77-50-54(8)52(6)47-73-41-37-57(62(78-69(82)89-70(9,10)11)67(80)84-64(55-31-24-22-25-32-55)56-33-26-23-27-34-56)46-60(73)65-66-63(90-93(16,17)71(12,13)14)53(7)48-75(87-65,88-66)49-59-35-29-39-74(85-59)42-43-76(91-74)72(15,92-94(19-2,20-3)21-4)40-38-58(86-76)45-51(5)30-28-36-61(73)79/h18,22-27,31-34,46,52-54,58-60,62-66H,1,5,19-21,28-30,35-45,47-50H2,2-4,6-17H3,(H,77,81)(H,78,82)/t52-,53+,54-,58-,59+,60+,62+,63+,65-,66-,72+,73-,74+,75+,76+/m0/s1. The first-order valence-electron chi connectivity index (χ1n) is 35.8. The lowest BCUT2D eigenvalue weighted by atomic mass is 9.57. The Bertz CT molecular complexity index is 2950. The van der Waals surface area contributed by atoms with E-state index in [1.807, 2.05) is 60.7 Å². The van der Waals surface area contributed by atoms with Crippen LogP contribution in [-0.4, -0.2) is 119 Å². The minimum Gasteiger partial charge on any atom is -0.451 e. The quantitative estimate of drug-likeness (QED) is 0.0552. The maximum atomic E-state index is 16.7. The summed E-state index contributed by atoms with van der Waals surface area (Å²) in [6, 6.07) is 20.8. The molecule has 7 aliphatic rings. The fraction of sp³-hybridized carbons (Fsp3) is 0.711.